The lowest BCUT2D eigenvalue weighted by atomic mass is 10.0. The Kier molecular flexibility index (Phi) is 4.43. The van der Waals surface area contributed by atoms with Gasteiger partial charge in [-0.15, -0.1) is 0 Å². The van der Waals surface area contributed by atoms with E-state index in [0.29, 0.717) is 0 Å². The smallest absolute Gasteiger partial charge is 0.128 e. The molecule has 2 rings (SSSR count). The third-order valence-corrected chi connectivity index (χ3v) is 3.45. The summed E-state index contributed by atoms with van der Waals surface area (Å²) in [5, 5.41) is 0. The molecule has 0 fully saturated rings. The zero-order valence-electron chi connectivity index (χ0n) is 12.0. The quantitative estimate of drug-likeness (QED) is 0.869. The molecule has 2 heterocycles. The lowest BCUT2D eigenvalue weighted by Gasteiger charge is -2.24. The predicted octanol–water partition coefficient (Wildman–Crippen LogP) is 3.06. The molecule has 19 heavy (non-hydrogen) atoms. The second-order valence-electron chi connectivity index (χ2n) is 4.97. The molecule has 0 radical (unpaired) electrons. The zero-order valence-corrected chi connectivity index (χ0v) is 12.0. The van der Waals surface area contributed by atoms with Gasteiger partial charge in [-0.1, -0.05) is 13.8 Å². The van der Waals surface area contributed by atoms with Gasteiger partial charge in [-0.2, -0.15) is 0 Å². The molecule has 0 amide bonds. The van der Waals surface area contributed by atoms with Crippen molar-refractivity contribution in [1.82, 2.24) is 9.55 Å². The maximum Gasteiger partial charge on any atom is 0.128 e. The Morgan fingerprint density at radius 3 is 2.74 bits per heavy atom. The van der Waals surface area contributed by atoms with Crippen LogP contribution >= 0.6 is 0 Å². The van der Waals surface area contributed by atoms with E-state index in [1.807, 2.05) is 31.5 Å². The SMILES string of the molecule is CCCc1nccn1C(c1ccc(C)o1)C(N)CC. The zero-order chi connectivity index (χ0) is 13.8. The number of aryl methyl sites for hydroxylation is 2. The summed E-state index contributed by atoms with van der Waals surface area (Å²) >= 11 is 0. The Balaban J connectivity index is 2.40. The van der Waals surface area contributed by atoms with Gasteiger partial charge >= 0.3 is 0 Å². The lowest BCUT2D eigenvalue weighted by Crippen LogP contribution is -2.33. The van der Waals surface area contributed by atoms with Crippen molar-refractivity contribution in [2.75, 3.05) is 0 Å². The molecule has 0 aliphatic carbocycles. The van der Waals surface area contributed by atoms with Gasteiger partial charge in [0.25, 0.3) is 0 Å². The van der Waals surface area contributed by atoms with E-state index in [9.17, 15) is 0 Å². The van der Waals surface area contributed by atoms with Crippen molar-refractivity contribution >= 4 is 0 Å². The van der Waals surface area contributed by atoms with Crippen LogP contribution in [0.5, 0.6) is 0 Å². The van der Waals surface area contributed by atoms with Crippen LogP contribution in [0.3, 0.4) is 0 Å². The van der Waals surface area contributed by atoms with Crippen LogP contribution in [0.15, 0.2) is 28.9 Å². The highest BCUT2D eigenvalue weighted by atomic mass is 16.3. The van der Waals surface area contributed by atoms with Gasteiger partial charge in [-0.05, 0) is 31.9 Å². The van der Waals surface area contributed by atoms with Crippen LogP contribution in [-0.4, -0.2) is 15.6 Å². The molecule has 2 aromatic rings. The molecule has 0 aliphatic heterocycles. The van der Waals surface area contributed by atoms with Gasteiger partial charge in [-0.3, -0.25) is 0 Å². The van der Waals surface area contributed by atoms with Crippen molar-refractivity contribution in [2.45, 2.75) is 52.1 Å². The number of hydrogen-bond acceptors (Lipinski definition) is 3. The standard InChI is InChI=1S/C15H23N3O/c1-4-6-14-17-9-10-18(14)15(12(16)5-2)13-8-7-11(3)19-13/h7-10,12,15H,4-6,16H2,1-3H3. The van der Waals surface area contributed by atoms with Crippen LogP contribution < -0.4 is 5.73 Å². The Morgan fingerprint density at radius 1 is 1.37 bits per heavy atom. The van der Waals surface area contributed by atoms with E-state index >= 15 is 0 Å². The fourth-order valence-corrected chi connectivity index (χ4v) is 2.40. The van der Waals surface area contributed by atoms with Gasteiger partial charge in [-0.25, -0.2) is 4.98 Å². The molecule has 2 unspecified atom stereocenters. The summed E-state index contributed by atoms with van der Waals surface area (Å²) in [6, 6.07) is 4.06. The molecule has 4 nitrogen and oxygen atoms in total. The highest BCUT2D eigenvalue weighted by molar-refractivity contribution is 5.15. The fraction of sp³-hybridized carbons (Fsp3) is 0.533. The van der Waals surface area contributed by atoms with Crippen molar-refractivity contribution < 1.29 is 4.42 Å². The number of rotatable bonds is 6. The number of furan rings is 1. The third kappa shape index (κ3) is 2.89. The van der Waals surface area contributed by atoms with Crippen LogP contribution in [-0.2, 0) is 6.42 Å². The van der Waals surface area contributed by atoms with Gasteiger partial charge in [0.15, 0.2) is 0 Å². The van der Waals surface area contributed by atoms with Crippen molar-refractivity contribution in [3.8, 4) is 0 Å². The highest BCUT2D eigenvalue weighted by Gasteiger charge is 2.25. The molecule has 2 atom stereocenters. The highest BCUT2D eigenvalue weighted by Crippen LogP contribution is 2.26. The van der Waals surface area contributed by atoms with Crippen molar-refractivity contribution in [3.05, 3.63) is 41.9 Å². The first-order chi connectivity index (χ1) is 9.17. The van der Waals surface area contributed by atoms with Crippen LogP contribution in [0.25, 0.3) is 0 Å². The lowest BCUT2D eigenvalue weighted by molar-refractivity contribution is 0.358. The number of nitrogens with zero attached hydrogens (tertiary/aromatic N) is 2. The Labute approximate surface area is 114 Å². The van der Waals surface area contributed by atoms with Gasteiger partial charge in [0, 0.05) is 24.9 Å². The van der Waals surface area contributed by atoms with E-state index < -0.39 is 0 Å². The van der Waals surface area contributed by atoms with Crippen LogP contribution in [0.2, 0.25) is 0 Å². The van der Waals surface area contributed by atoms with E-state index in [2.05, 4.69) is 23.4 Å². The molecule has 0 saturated carbocycles. The summed E-state index contributed by atoms with van der Waals surface area (Å²) < 4.78 is 7.96. The number of aromatic nitrogens is 2. The van der Waals surface area contributed by atoms with Gasteiger partial charge in [0.2, 0.25) is 0 Å². The summed E-state index contributed by atoms with van der Waals surface area (Å²) in [4.78, 5) is 4.44. The molecule has 2 aromatic heterocycles. The molecule has 0 spiro atoms. The summed E-state index contributed by atoms with van der Waals surface area (Å²) in [5.41, 5.74) is 6.31. The summed E-state index contributed by atoms with van der Waals surface area (Å²) in [6.07, 6.45) is 6.77. The number of hydrogen-bond donors (Lipinski definition) is 1. The largest absolute Gasteiger partial charge is 0.464 e. The first-order valence-electron chi connectivity index (χ1n) is 7.01. The molecule has 2 N–H and O–H groups in total. The predicted molar refractivity (Wildman–Crippen MR) is 76.1 cm³/mol. The average molecular weight is 261 g/mol. The minimum absolute atomic E-state index is 0.0235. The second kappa shape index (κ2) is 6.06. The van der Waals surface area contributed by atoms with Gasteiger partial charge < -0.3 is 14.7 Å². The van der Waals surface area contributed by atoms with E-state index in [1.54, 1.807) is 0 Å². The molecule has 104 valence electrons. The molecular weight excluding hydrogens is 238 g/mol. The van der Waals surface area contributed by atoms with E-state index in [1.165, 1.54) is 0 Å². The second-order valence-corrected chi connectivity index (χ2v) is 4.97. The van der Waals surface area contributed by atoms with Crippen molar-refractivity contribution in [3.63, 3.8) is 0 Å². The maximum atomic E-state index is 6.31. The van der Waals surface area contributed by atoms with Gasteiger partial charge in [0.05, 0.1) is 0 Å². The Hall–Kier alpha value is -1.55. The van der Waals surface area contributed by atoms with Crippen LogP contribution in [0.1, 0.15) is 50.1 Å². The average Bonchev–Trinajstić information content (AvgIpc) is 3.01. The molecule has 0 bridgehead atoms. The normalized spacial score (nSPS) is 14.5. The number of nitrogens with two attached hydrogens (primary N) is 1. The monoisotopic (exact) mass is 261 g/mol. The Bertz CT molecular complexity index is 515. The first kappa shape index (κ1) is 13.9. The summed E-state index contributed by atoms with van der Waals surface area (Å²) in [5.74, 6) is 2.91. The fourth-order valence-electron chi connectivity index (χ4n) is 2.40. The van der Waals surface area contributed by atoms with Crippen molar-refractivity contribution in [1.29, 1.82) is 0 Å². The minimum atomic E-state index is 0.0235. The van der Waals surface area contributed by atoms with E-state index in [0.717, 1.165) is 36.6 Å². The summed E-state index contributed by atoms with van der Waals surface area (Å²) in [7, 11) is 0. The summed E-state index contributed by atoms with van der Waals surface area (Å²) in [6.45, 7) is 6.22. The van der Waals surface area contributed by atoms with E-state index in [4.69, 9.17) is 10.2 Å². The molecule has 0 aliphatic rings. The van der Waals surface area contributed by atoms with Gasteiger partial charge in [0.1, 0.15) is 23.4 Å². The number of imidazole rings is 1. The van der Waals surface area contributed by atoms with Crippen LogP contribution in [0, 0.1) is 6.92 Å². The third-order valence-electron chi connectivity index (χ3n) is 3.45. The van der Waals surface area contributed by atoms with Crippen LogP contribution in [0.4, 0.5) is 0 Å². The minimum Gasteiger partial charge on any atom is -0.464 e. The molecule has 0 aromatic carbocycles. The molecule has 0 saturated heterocycles. The van der Waals surface area contributed by atoms with E-state index in [-0.39, 0.29) is 12.1 Å². The maximum absolute atomic E-state index is 6.31. The Morgan fingerprint density at radius 2 is 2.16 bits per heavy atom. The topological polar surface area (TPSA) is 57.0 Å². The molecular formula is C15H23N3O. The first-order valence-corrected chi connectivity index (χ1v) is 7.01. The van der Waals surface area contributed by atoms with Crippen molar-refractivity contribution in [2.24, 2.45) is 5.73 Å². The molecule has 4 heteroatoms.